The van der Waals surface area contributed by atoms with E-state index in [1.807, 2.05) is 0 Å². The van der Waals surface area contributed by atoms with E-state index in [9.17, 15) is 14.4 Å². The fraction of sp³-hybridized carbons (Fsp3) is 0.250. The summed E-state index contributed by atoms with van der Waals surface area (Å²) in [7, 11) is 1.56. The van der Waals surface area contributed by atoms with Crippen molar-refractivity contribution in [2.24, 2.45) is 0 Å². The molecule has 100 valence electrons. The lowest BCUT2D eigenvalue weighted by Gasteiger charge is -2.07. The number of hydrogen-bond donors (Lipinski definition) is 2. The maximum Gasteiger partial charge on any atom is 0.286 e. The minimum Gasteiger partial charge on any atom is -0.497 e. The lowest BCUT2D eigenvalue weighted by Crippen LogP contribution is -2.27. The number of rotatable bonds is 4. The van der Waals surface area contributed by atoms with Crippen molar-refractivity contribution in [3.63, 3.8) is 0 Å². The number of benzene rings is 1. The Kier molecular flexibility index (Phi) is 4.06. The zero-order chi connectivity index (χ0) is 13.8. The van der Waals surface area contributed by atoms with Crippen LogP contribution in [0.5, 0.6) is 5.75 Å². The van der Waals surface area contributed by atoms with Crippen molar-refractivity contribution < 1.29 is 19.1 Å². The highest BCUT2D eigenvalue weighted by Gasteiger charge is 2.33. The number of hydrogen-bond acceptors (Lipinski definition) is 5. The monoisotopic (exact) mass is 280 g/mol. The van der Waals surface area contributed by atoms with E-state index in [4.69, 9.17) is 4.74 Å². The van der Waals surface area contributed by atoms with Gasteiger partial charge in [-0.05, 0) is 24.3 Å². The number of imide groups is 1. The average molecular weight is 280 g/mol. The van der Waals surface area contributed by atoms with Crippen molar-refractivity contribution in [2.75, 3.05) is 12.4 Å². The van der Waals surface area contributed by atoms with Crippen LogP contribution in [0, 0.1) is 0 Å². The van der Waals surface area contributed by atoms with Gasteiger partial charge in [-0.3, -0.25) is 19.7 Å². The summed E-state index contributed by atoms with van der Waals surface area (Å²) in [4.78, 5) is 34.0. The van der Waals surface area contributed by atoms with Crippen LogP contribution in [0.4, 0.5) is 10.5 Å². The zero-order valence-corrected chi connectivity index (χ0v) is 11.0. The number of methoxy groups -OCH3 is 1. The number of ether oxygens (including phenoxy) is 1. The molecule has 1 aromatic carbocycles. The van der Waals surface area contributed by atoms with Crippen LogP contribution in [0.3, 0.4) is 0 Å². The van der Waals surface area contributed by atoms with Gasteiger partial charge in [0.1, 0.15) is 11.0 Å². The molecule has 2 N–H and O–H groups in total. The minimum atomic E-state index is -0.647. The summed E-state index contributed by atoms with van der Waals surface area (Å²) in [5.74, 6) is -0.0401. The van der Waals surface area contributed by atoms with Gasteiger partial charge in [-0.15, -0.1) is 0 Å². The van der Waals surface area contributed by atoms with Gasteiger partial charge in [0.25, 0.3) is 5.24 Å². The van der Waals surface area contributed by atoms with E-state index in [1.54, 1.807) is 31.4 Å². The molecule has 6 nitrogen and oxygen atoms in total. The molecule has 7 heteroatoms. The fourth-order valence-electron chi connectivity index (χ4n) is 1.58. The van der Waals surface area contributed by atoms with Crippen LogP contribution in [-0.2, 0) is 9.59 Å². The first-order valence-corrected chi connectivity index (χ1v) is 6.42. The van der Waals surface area contributed by atoms with E-state index < -0.39 is 16.4 Å². The SMILES string of the molecule is COc1ccc(NC(=O)C[C@H]2SC(=O)NC2=O)cc1. The Morgan fingerprint density at radius 3 is 2.58 bits per heavy atom. The van der Waals surface area contributed by atoms with E-state index in [0.29, 0.717) is 11.4 Å². The number of nitrogens with one attached hydrogen (secondary N) is 2. The molecule has 0 aliphatic carbocycles. The molecule has 1 fully saturated rings. The van der Waals surface area contributed by atoms with Crippen molar-refractivity contribution in [1.82, 2.24) is 5.32 Å². The normalized spacial score (nSPS) is 18.1. The van der Waals surface area contributed by atoms with Gasteiger partial charge < -0.3 is 10.1 Å². The molecule has 1 atom stereocenters. The molecular weight excluding hydrogens is 268 g/mol. The highest BCUT2D eigenvalue weighted by Crippen LogP contribution is 2.22. The molecule has 2 rings (SSSR count). The van der Waals surface area contributed by atoms with Crippen LogP contribution in [0.15, 0.2) is 24.3 Å². The molecule has 1 aliphatic heterocycles. The molecular formula is C12H12N2O4S. The van der Waals surface area contributed by atoms with Crippen LogP contribution >= 0.6 is 11.8 Å². The van der Waals surface area contributed by atoms with Crippen LogP contribution in [0.1, 0.15) is 6.42 Å². The molecule has 1 saturated heterocycles. The van der Waals surface area contributed by atoms with E-state index in [2.05, 4.69) is 10.6 Å². The molecule has 1 aliphatic rings. The van der Waals surface area contributed by atoms with Gasteiger partial charge in [-0.2, -0.15) is 0 Å². The first-order valence-electron chi connectivity index (χ1n) is 5.54. The summed E-state index contributed by atoms with van der Waals surface area (Å²) >= 11 is 0.838. The predicted octanol–water partition coefficient (Wildman–Crippen LogP) is 1.38. The first kappa shape index (κ1) is 13.4. The second kappa shape index (κ2) is 5.75. The molecule has 19 heavy (non-hydrogen) atoms. The van der Waals surface area contributed by atoms with Gasteiger partial charge in [-0.1, -0.05) is 11.8 Å². The Morgan fingerprint density at radius 2 is 2.05 bits per heavy atom. The molecule has 0 unspecified atom stereocenters. The number of carbonyl (C=O) groups excluding carboxylic acids is 3. The van der Waals surface area contributed by atoms with E-state index in [1.165, 1.54) is 0 Å². The topological polar surface area (TPSA) is 84.5 Å². The van der Waals surface area contributed by atoms with Gasteiger partial charge in [-0.25, -0.2) is 0 Å². The molecule has 0 saturated carbocycles. The summed E-state index contributed by atoms with van der Waals surface area (Å²) in [6, 6.07) is 6.83. The molecule has 0 radical (unpaired) electrons. The van der Waals surface area contributed by atoms with Crippen LogP contribution in [0.2, 0.25) is 0 Å². The van der Waals surface area contributed by atoms with Crippen LogP contribution in [0.25, 0.3) is 0 Å². The average Bonchev–Trinajstić information content (AvgIpc) is 2.68. The Balaban J connectivity index is 1.90. The molecule has 0 bridgehead atoms. The van der Waals surface area contributed by atoms with Crippen molar-refractivity contribution >= 4 is 34.5 Å². The molecule has 1 aromatic rings. The third kappa shape index (κ3) is 3.47. The van der Waals surface area contributed by atoms with Gasteiger partial charge in [0, 0.05) is 12.1 Å². The standard InChI is InChI=1S/C12H12N2O4S/c1-18-8-4-2-7(3-5-8)13-10(15)6-9-11(16)14-12(17)19-9/h2-5,9H,6H2,1H3,(H,13,15)(H,14,16,17)/t9-/m1/s1. The van der Waals surface area contributed by atoms with Gasteiger partial charge in [0.15, 0.2) is 0 Å². The lowest BCUT2D eigenvalue weighted by molar-refractivity contribution is -0.122. The van der Waals surface area contributed by atoms with Crippen molar-refractivity contribution in [1.29, 1.82) is 0 Å². The number of thioether (sulfide) groups is 1. The van der Waals surface area contributed by atoms with Crippen molar-refractivity contribution in [3.05, 3.63) is 24.3 Å². The van der Waals surface area contributed by atoms with Crippen molar-refractivity contribution in [3.8, 4) is 5.75 Å². The number of carbonyl (C=O) groups is 3. The van der Waals surface area contributed by atoms with Gasteiger partial charge >= 0.3 is 0 Å². The fourth-order valence-corrected chi connectivity index (χ4v) is 2.40. The van der Waals surface area contributed by atoms with E-state index in [-0.39, 0.29) is 12.3 Å². The third-order valence-electron chi connectivity index (χ3n) is 2.51. The van der Waals surface area contributed by atoms with Crippen LogP contribution in [-0.4, -0.2) is 29.4 Å². The zero-order valence-electron chi connectivity index (χ0n) is 10.1. The van der Waals surface area contributed by atoms with Crippen molar-refractivity contribution in [2.45, 2.75) is 11.7 Å². The van der Waals surface area contributed by atoms with Gasteiger partial charge in [0.2, 0.25) is 11.8 Å². The lowest BCUT2D eigenvalue weighted by atomic mass is 10.2. The Hall–Kier alpha value is -2.02. The summed E-state index contributed by atoms with van der Waals surface area (Å²) in [5.41, 5.74) is 0.612. The predicted molar refractivity (Wildman–Crippen MR) is 71.2 cm³/mol. The van der Waals surface area contributed by atoms with E-state index >= 15 is 0 Å². The minimum absolute atomic E-state index is 0.0335. The summed E-state index contributed by atoms with van der Waals surface area (Å²) in [6.45, 7) is 0. The maximum absolute atomic E-state index is 11.7. The summed E-state index contributed by atoms with van der Waals surface area (Å²) < 4.78 is 5.00. The first-order chi connectivity index (χ1) is 9.08. The Morgan fingerprint density at radius 1 is 1.37 bits per heavy atom. The summed E-state index contributed by atoms with van der Waals surface area (Å²) in [5, 5.41) is 3.74. The number of anilines is 1. The molecule has 1 heterocycles. The van der Waals surface area contributed by atoms with Crippen LogP contribution < -0.4 is 15.4 Å². The molecule has 3 amide bonds. The largest absolute Gasteiger partial charge is 0.497 e. The van der Waals surface area contributed by atoms with E-state index in [0.717, 1.165) is 11.8 Å². The molecule has 0 spiro atoms. The Bertz CT molecular complexity index is 515. The Labute approximate surface area is 113 Å². The highest BCUT2D eigenvalue weighted by molar-refractivity contribution is 8.15. The third-order valence-corrected chi connectivity index (χ3v) is 3.49. The maximum atomic E-state index is 11.7. The second-order valence-electron chi connectivity index (χ2n) is 3.86. The second-order valence-corrected chi connectivity index (χ2v) is 5.04. The highest BCUT2D eigenvalue weighted by atomic mass is 32.2. The van der Waals surface area contributed by atoms with Gasteiger partial charge in [0.05, 0.1) is 7.11 Å². The number of amides is 3. The summed E-state index contributed by atoms with van der Waals surface area (Å²) in [6.07, 6.45) is -0.0335. The smallest absolute Gasteiger partial charge is 0.286 e. The quantitative estimate of drug-likeness (QED) is 0.870. The molecule has 0 aromatic heterocycles.